The third-order valence-electron chi connectivity index (χ3n) is 3.29. The Labute approximate surface area is 107 Å². The fraction of sp³-hybridized carbons (Fsp3) is 0.500. The molecule has 0 bridgehead atoms. The number of benzene rings is 1. The van der Waals surface area contributed by atoms with Crippen LogP contribution in [0.25, 0.3) is 0 Å². The molecule has 18 heavy (non-hydrogen) atoms. The topological polar surface area (TPSA) is 49.8 Å². The zero-order valence-corrected chi connectivity index (χ0v) is 10.4. The Morgan fingerprint density at radius 1 is 1.28 bits per heavy atom. The largest absolute Gasteiger partial charge is 0.415 e. The molecule has 0 radical (unpaired) electrons. The summed E-state index contributed by atoms with van der Waals surface area (Å²) in [7, 11) is 0. The second kappa shape index (κ2) is 6.40. The molecule has 4 nitrogen and oxygen atoms in total. The highest BCUT2D eigenvalue weighted by Gasteiger charge is 2.27. The third-order valence-corrected chi connectivity index (χ3v) is 3.29. The first kappa shape index (κ1) is 12.9. The number of rotatable bonds is 4. The molecular weight excluding hydrogens is 230 g/mol. The van der Waals surface area contributed by atoms with E-state index < -0.39 is 0 Å². The summed E-state index contributed by atoms with van der Waals surface area (Å²) in [5.74, 6) is 0.545. The molecule has 0 aromatic heterocycles. The van der Waals surface area contributed by atoms with Crippen molar-refractivity contribution in [1.29, 1.82) is 0 Å². The fourth-order valence-electron chi connectivity index (χ4n) is 2.39. The van der Waals surface area contributed by atoms with E-state index in [0.29, 0.717) is 12.3 Å². The van der Waals surface area contributed by atoms with E-state index in [1.165, 1.54) is 0 Å². The van der Waals surface area contributed by atoms with Crippen molar-refractivity contribution in [1.82, 2.24) is 4.90 Å². The first-order valence-corrected chi connectivity index (χ1v) is 6.45. The molecular formula is C14H19NO3. The lowest BCUT2D eigenvalue weighted by molar-refractivity contribution is 0.117. The van der Waals surface area contributed by atoms with Crippen LogP contribution < -0.4 is 4.74 Å². The van der Waals surface area contributed by atoms with Gasteiger partial charge in [0.2, 0.25) is 0 Å². The van der Waals surface area contributed by atoms with E-state index in [1.54, 1.807) is 17.0 Å². The minimum absolute atomic E-state index is 0.0274. The molecule has 1 fully saturated rings. The molecule has 0 spiro atoms. The van der Waals surface area contributed by atoms with Crippen LogP contribution in [0.1, 0.15) is 25.7 Å². The van der Waals surface area contributed by atoms with Crippen molar-refractivity contribution >= 4 is 6.09 Å². The number of aliphatic hydroxyl groups excluding tert-OH is 1. The second-order valence-corrected chi connectivity index (χ2v) is 4.54. The molecule has 0 aliphatic heterocycles. The number of amides is 1. The molecule has 1 N–H and O–H groups in total. The van der Waals surface area contributed by atoms with Gasteiger partial charge in [-0.3, -0.25) is 0 Å². The van der Waals surface area contributed by atoms with E-state index in [0.717, 1.165) is 25.7 Å². The molecule has 0 unspecified atom stereocenters. The highest BCUT2D eigenvalue weighted by Crippen LogP contribution is 2.24. The summed E-state index contributed by atoms with van der Waals surface area (Å²) in [6.45, 7) is 0.316. The number of aliphatic hydroxyl groups is 1. The van der Waals surface area contributed by atoms with Crippen LogP contribution in [0.2, 0.25) is 0 Å². The molecule has 1 aromatic rings. The summed E-state index contributed by atoms with van der Waals surface area (Å²) in [6, 6.07) is 9.25. The smallest absolute Gasteiger partial charge is 0.410 e. The molecule has 2 rings (SSSR count). The minimum atomic E-state index is -0.359. The van der Waals surface area contributed by atoms with Gasteiger partial charge in [-0.1, -0.05) is 31.0 Å². The van der Waals surface area contributed by atoms with Crippen LogP contribution in [0, 0.1) is 0 Å². The number of hydrogen-bond acceptors (Lipinski definition) is 3. The van der Waals surface area contributed by atoms with Crippen LogP contribution in [-0.2, 0) is 0 Å². The maximum atomic E-state index is 12.1. The van der Waals surface area contributed by atoms with Crippen molar-refractivity contribution in [2.75, 3.05) is 13.2 Å². The standard InChI is InChI=1S/C14H19NO3/c16-11-10-15(12-6-4-5-7-12)14(17)18-13-8-2-1-3-9-13/h1-3,8-9,12,16H,4-7,10-11H2. The average molecular weight is 249 g/mol. The lowest BCUT2D eigenvalue weighted by atomic mass is 10.2. The zero-order chi connectivity index (χ0) is 12.8. The van der Waals surface area contributed by atoms with Crippen molar-refractivity contribution in [2.45, 2.75) is 31.7 Å². The van der Waals surface area contributed by atoms with Crippen LogP contribution in [-0.4, -0.2) is 35.3 Å². The van der Waals surface area contributed by atoms with Crippen molar-refractivity contribution in [3.05, 3.63) is 30.3 Å². The lowest BCUT2D eigenvalue weighted by Gasteiger charge is -2.27. The number of ether oxygens (including phenoxy) is 1. The quantitative estimate of drug-likeness (QED) is 0.891. The van der Waals surface area contributed by atoms with Gasteiger partial charge >= 0.3 is 6.09 Å². The van der Waals surface area contributed by atoms with Crippen LogP contribution in [0.5, 0.6) is 5.75 Å². The van der Waals surface area contributed by atoms with Crippen LogP contribution in [0.3, 0.4) is 0 Å². The Balaban J connectivity index is 1.99. The first-order chi connectivity index (χ1) is 8.81. The van der Waals surface area contributed by atoms with Crippen molar-refractivity contribution in [2.24, 2.45) is 0 Å². The van der Waals surface area contributed by atoms with Gasteiger partial charge in [-0.05, 0) is 25.0 Å². The normalized spacial score (nSPS) is 15.6. The SMILES string of the molecule is O=C(Oc1ccccc1)N(CCO)C1CCCC1. The number of nitrogens with zero attached hydrogens (tertiary/aromatic N) is 1. The molecule has 0 atom stereocenters. The third kappa shape index (κ3) is 3.23. The Bertz CT molecular complexity index is 374. The van der Waals surface area contributed by atoms with Gasteiger partial charge in [-0.2, -0.15) is 0 Å². The summed E-state index contributed by atoms with van der Waals surface area (Å²) < 4.78 is 5.32. The van der Waals surface area contributed by atoms with Crippen molar-refractivity contribution < 1.29 is 14.6 Å². The van der Waals surface area contributed by atoms with E-state index in [4.69, 9.17) is 9.84 Å². The van der Waals surface area contributed by atoms with E-state index in [1.807, 2.05) is 18.2 Å². The predicted molar refractivity (Wildman–Crippen MR) is 68.5 cm³/mol. The molecule has 1 saturated carbocycles. The summed E-state index contributed by atoms with van der Waals surface area (Å²) in [5, 5.41) is 9.06. The number of carbonyl (C=O) groups excluding carboxylic acids is 1. The lowest BCUT2D eigenvalue weighted by Crippen LogP contribution is -2.42. The summed E-state index contributed by atoms with van der Waals surface area (Å²) in [6.07, 6.45) is 3.94. The van der Waals surface area contributed by atoms with Gasteiger partial charge in [0.05, 0.1) is 6.61 Å². The van der Waals surface area contributed by atoms with Gasteiger partial charge in [-0.25, -0.2) is 4.79 Å². The molecule has 1 amide bonds. The molecule has 1 aliphatic rings. The van der Waals surface area contributed by atoms with E-state index >= 15 is 0 Å². The van der Waals surface area contributed by atoms with Gasteiger partial charge in [0.25, 0.3) is 0 Å². The van der Waals surface area contributed by atoms with Gasteiger partial charge < -0.3 is 14.7 Å². The van der Waals surface area contributed by atoms with E-state index in [-0.39, 0.29) is 18.7 Å². The second-order valence-electron chi connectivity index (χ2n) is 4.54. The van der Waals surface area contributed by atoms with E-state index in [2.05, 4.69) is 0 Å². The van der Waals surface area contributed by atoms with E-state index in [9.17, 15) is 4.79 Å². The predicted octanol–water partition coefficient (Wildman–Crippen LogP) is 2.42. The maximum absolute atomic E-state index is 12.1. The fourth-order valence-corrected chi connectivity index (χ4v) is 2.39. The molecule has 0 saturated heterocycles. The zero-order valence-electron chi connectivity index (χ0n) is 10.4. The molecule has 4 heteroatoms. The maximum Gasteiger partial charge on any atom is 0.415 e. The Kier molecular flexibility index (Phi) is 4.59. The highest BCUT2D eigenvalue weighted by molar-refractivity contribution is 5.71. The minimum Gasteiger partial charge on any atom is -0.410 e. The summed E-state index contributed by atoms with van der Waals surface area (Å²) in [4.78, 5) is 13.7. The highest BCUT2D eigenvalue weighted by atomic mass is 16.6. The Morgan fingerprint density at radius 3 is 2.56 bits per heavy atom. The number of hydrogen-bond donors (Lipinski definition) is 1. The van der Waals surface area contributed by atoms with Crippen LogP contribution in [0.4, 0.5) is 4.79 Å². The molecule has 1 aromatic carbocycles. The molecule has 98 valence electrons. The van der Waals surface area contributed by atoms with Gasteiger partial charge in [0.1, 0.15) is 5.75 Å². The average Bonchev–Trinajstić information content (AvgIpc) is 2.90. The first-order valence-electron chi connectivity index (χ1n) is 6.45. The summed E-state index contributed by atoms with van der Waals surface area (Å²) >= 11 is 0. The van der Waals surface area contributed by atoms with Crippen molar-refractivity contribution in [3.8, 4) is 5.75 Å². The summed E-state index contributed by atoms with van der Waals surface area (Å²) in [5.41, 5.74) is 0. The van der Waals surface area contributed by atoms with Gasteiger partial charge in [0, 0.05) is 12.6 Å². The molecule has 1 aliphatic carbocycles. The Hall–Kier alpha value is -1.55. The number of para-hydroxylation sites is 1. The van der Waals surface area contributed by atoms with Crippen LogP contribution in [0.15, 0.2) is 30.3 Å². The Morgan fingerprint density at radius 2 is 1.94 bits per heavy atom. The van der Waals surface area contributed by atoms with Crippen LogP contribution >= 0.6 is 0 Å². The monoisotopic (exact) mass is 249 g/mol. The molecule has 0 heterocycles. The van der Waals surface area contributed by atoms with Gasteiger partial charge in [-0.15, -0.1) is 0 Å². The van der Waals surface area contributed by atoms with Crippen molar-refractivity contribution in [3.63, 3.8) is 0 Å². The number of carbonyl (C=O) groups is 1. The van der Waals surface area contributed by atoms with Gasteiger partial charge in [0.15, 0.2) is 0 Å².